The number of likely N-dealkylation sites (N-methyl/N-ethyl adjacent to an activating group) is 1. The van der Waals surface area contributed by atoms with Gasteiger partial charge in [0.1, 0.15) is 5.82 Å². The number of aromatic nitrogens is 1. The fourth-order valence-corrected chi connectivity index (χ4v) is 2.60. The zero-order valence-electron chi connectivity index (χ0n) is 10.9. The molecule has 0 fully saturated rings. The first-order chi connectivity index (χ1) is 8.70. The molecule has 0 amide bonds. The predicted octanol–water partition coefficient (Wildman–Crippen LogP) is 2.59. The summed E-state index contributed by atoms with van der Waals surface area (Å²) in [4.78, 5) is 8.19. The highest BCUT2D eigenvalue weighted by Crippen LogP contribution is 2.18. The molecule has 0 bridgehead atoms. The van der Waals surface area contributed by atoms with Crippen LogP contribution in [0.15, 0.2) is 29.6 Å². The van der Waals surface area contributed by atoms with E-state index in [0.717, 1.165) is 30.0 Å². The highest BCUT2D eigenvalue weighted by atomic mass is 32.1. The van der Waals surface area contributed by atoms with Crippen LogP contribution in [0.4, 0.5) is 5.82 Å². The Hall–Kier alpha value is -1.39. The Morgan fingerprint density at radius 1 is 1.33 bits per heavy atom. The molecule has 96 valence electrons. The summed E-state index contributed by atoms with van der Waals surface area (Å²) in [6.07, 6.45) is 1.05. The van der Waals surface area contributed by atoms with Crippen LogP contribution < -0.4 is 10.6 Å². The lowest BCUT2D eigenvalue weighted by Gasteiger charge is -2.21. The maximum Gasteiger partial charge on any atom is 0.133 e. The van der Waals surface area contributed by atoms with Gasteiger partial charge in [0.2, 0.25) is 0 Å². The van der Waals surface area contributed by atoms with Crippen LogP contribution in [-0.4, -0.2) is 18.6 Å². The topological polar surface area (TPSA) is 42.1 Å². The lowest BCUT2D eigenvalue weighted by Crippen LogP contribution is -2.23. The minimum absolute atomic E-state index is 0.534. The second kappa shape index (κ2) is 5.98. The molecule has 3 nitrogen and oxygen atoms in total. The average Bonchev–Trinajstić information content (AvgIpc) is 2.89. The van der Waals surface area contributed by atoms with Crippen molar-refractivity contribution in [3.63, 3.8) is 0 Å². The first kappa shape index (κ1) is 13.1. The van der Waals surface area contributed by atoms with Crippen LogP contribution in [0, 0.1) is 6.92 Å². The highest BCUT2D eigenvalue weighted by Gasteiger charge is 2.08. The van der Waals surface area contributed by atoms with E-state index in [2.05, 4.69) is 40.5 Å². The van der Waals surface area contributed by atoms with Gasteiger partial charge in [0.05, 0.1) is 0 Å². The molecule has 2 aromatic rings. The zero-order valence-corrected chi connectivity index (χ0v) is 11.7. The summed E-state index contributed by atoms with van der Waals surface area (Å²) < 4.78 is 0. The van der Waals surface area contributed by atoms with Crippen molar-refractivity contribution in [1.82, 2.24) is 4.98 Å². The molecule has 4 heteroatoms. The maximum absolute atomic E-state index is 5.76. The summed E-state index contributed by atoms with van der Waals surface area (Å²) in [6.45, 7) is 3.51. The van der Waals surface area contributed by atoms with Gasteiger partial charge in [-0.25, -0.2) is 4.98 Å². The predicted molar refractivity (Wildman–Crippen MR) is 78.2 cm³/mol. The molecule has 0 aliphatic rings. The number of aryl methyl sites for hydroxylation is 1. The van der Waals surface area contributed by atoms with Crippen LogP contribution in [0.2, 0.25) is 0 Å². The number of nitrogens with zero attached hydrogens (tertiary/aromatic N) is 2. The third kappa shape index (κ3) is 3.09. The summed E-state index contributed by atoms with van der Waals surface area (Å²) >= 11 is 1.80. The van der Waals surface area contributed by atoms with Gasteiger partial charge in [0.25, 0.3) is 0 Å². The molecule has 18 heavy (non-hydrogen) atoms. The fourth-order valence-electron chi connectivity index (χ4n) is 1.90. The lowest BCUT2D eigenvalue weighted by molar-refractivity contribution is 0.849. The first-order valence-corrected chi connectivity index (χ1v) is 6.99. The minimum Gasteiger partial charge on any atom is -0.359 e. The molecule has 2 rings (SSSR count). The number of anilines is 1. The normalized spacial score (nSPS) is 10.6. The summed E-state index contributed by atoms with van der Waals surface area (Å²) in [7, 11) is 2.08. The van der Waals surface area contributed by atoms with Gasteiger partial charge < -0.3 is 10.6 Å². The van der Waals surface area contributed by atoms with E-state index in [1.807, 2.05) is 13.0 Å². The molecule has 2 aromatic heterocycles. The molecule has 0 saturated heterocycles. The van der Waals surface area contributed by atoms with Crippen molar-refractivity contribution in [1.29, 1.82) is 0 Å². The Morgan fingerprint density at radius 3 is 2.83 bits per heavy atom. The Kier molecular flexibility index (Phi) is 4.33. The van der Waals surface area contributed by atoms with Gasteiger partial charge in [-0.3, -0.25) is 0 Å². The van der Waals surface area contributed by atoms with E-state index in [0.29, 0.717) is 6.54 Å². The van der Waals surface area contributed by atoms with Gasteiger partial charge >= 0.3 is 0 Å². The Morgan fingerprint density at radius 2 is 2.17 bits per heavy atom. The van der Waals surface area contributed by atoms with Crippen LogP contribution in [0.1, 0.15) is 16.1 Å². The van der Waals surface area contributed by atoms with Crippen LogP contribution in [0.3, 0.4) is 0 Å². The van der Waals surface area contributed by atoms with E-state index in [1.54, 1.807) is 11.3 Å². The van der Waals surface area contributed by atoms with Crippen molar-refractivity contribution in [2.45, 2.75) is 19.9 Å². The third-order valence-electron chi connectivity index (χ3n) is 2.95. The fraction of sp³-hybridized carbons (Fsp3) is 0.357. The van der Waals surface area contributed by atoms with Crippen molar-refractivity contribution in [3.05, 3.63) is 45.8 Å². The van der Waals surface area contributed by atoms with Gasteiger partial charge in [-0.05, 0) is 30.9 Å². The largest absolute Gasteiger partial charge is 0.359 e. The number of rotatable bonds is 5. The van der Waals surface area contributed by atoms with Crippen LogP contribution in [0.5, 0.6) is 0 Å². The molecule has 2 heterocycles. The molecule has 0 atom stereocenters. The molecule has 0 unspecified atom stereocenters. The van der Waals surface area contributed by atoms with Crippen LogP contribution >= 0.6 is 11.3 Å². The molecule has 0 spiro atoms. The number of hydrogen-bond donors (Lipinski definition) is 1. The molecule has 0 aromatic carbocycles. The van der Waals surface area contributed by atoms with Crippen molar-refractivity contribution in [2.24, 2.45) is 5.73 Å². The molecular formula is C14H19N3S. The minimum atomic E-state index is 0.534. The summed E-state index contributed by atoms with van der Waals surface area (Å²) in [6, 6.07) is 8.35. The van der Waals surface area contributed by atoms with Gasteiger partial charge in [-0.2, -0.15) is 0 Å². The average molecular weight is 261 g/mol. The van der Waals surface area contributed by atoms with Crippen LogP contribution in [0.25, 0.3) is 0 Å². The van der Waals surface area contributed by atoms with Gasteiger partial charge in [0, 0.05) is 36.3 Å². The lowest BCUT2D eigenvalue weighted by atomic mass is 10.2. The van der Waals surface area contributed by atoms with E-state index in [9.17, 15) is 0 Å². The molecule has 0 aliphatic carbocycles. The van der Waals surface area contributed by atoms with Gasteiger partial charge in [0.15, 0.2) is 0 Å². The molecule has 0 saturated carbocycles. The molecule has 0 radical (unpaired) electrons. The van der Waals surface area contributed by atoms with E-state index >= 15 is 0 Å². The summed E-state index contributed by atoms with van der Waals surface area (Å²) in [5.74, 6) is 1.01. The highest BCUT2D eigenvalue weighted by molar-refractivity contribution is 7.09. The van der Waals surface area contributed by atoms with Crippen molar-refractivity contribution in [2.75, 3.05) is 18.5 Å². The van der Waals surface area contributed by atoms with Crippen LogP contribution in [-0.2, 0) is 13.0 Å². The Labute approximate surface area is 112 Å². The number of thiophene rings is 1. The first-order valence-electron chi connectivity index (χ1n) is 6.11. The quantitative estimate of drug-likeness (QED) is 0.899. The van der Waals surface area contributed by atoms with E-state index in [1.165, 1.54) is 4.88 Å². The van der Waals surface area contributed by atoms with Crippen molar-refractivity contribution in [3.8, 4) is 0 Å². The second-order valence-corrected chi connectivity index (χ2v) is 5.42. The van der Waals surface area contributed by atoms with E-state index < -0.39 is 0 Å². The van der Waals surface area contributed by atoms with Crippen molar-refractivity contribution < 1.29 is 0 Å². The molecule has 2 N–H and O–H groups in total. The number of nitrogens with two attached hydrogens (primary N) is 1. The molecule has 0 aliphatic heterocycles. The zero-order chi connectivity index (χ0) is 13.0. The third-order valence-corrected chi connectivity index (χ3v) is 3.89. The van der Waals surface area contributed by atoms with Crippen molar-refractivity contribution >= 4 is 17.2 Å². The van der Waals surface area contributed by atoms with E-state index in [-0.39, 0.29) is 0 Å². The SMILES string of the molecule is Cc1ccc(CN)c(N(C)CCc2cccs2)n1. The molecular weight excluding hydrogens is 242 g/mol. The standard InChI is InChI=1S/C14H19N3S/c1-11-5-6-12(10-15)14(16-11)17(2)8-7-13-4-3-9-18-13/h3-6,9H,7-8,10,15H2,1-2H3. The van der Waals surface area contributed by atoms with E-state index in [4.69, 9.17) is 5.73 Å². The smallest absolute Gasteiger partial charge is 0.133 e. The van der Waals surface area contributed by atoms with Gasteiger partial charge in [-0.1, -0.05) is 12.1 Å². The Balaban J connectivity index is 2.08. The maximum atomic E-state index is 5.76. The summed E-state index contributed by atoms with van der Waals surface area (Å²) in [5, 5.41) is 2.12. The second-order valence-electron chi connectivity index (χ2n) is 4.39. The van der Waals surface area contributed by atoms with Gasteiger partial charge in [-0.15, -0.1) is 11.3 Å². The number of hydrogen-bond acceptors (Lipinski definition) is 4. The number of pyridine rings is 1. The summed E-state index contributed by atoms with van der Waals surface area (Å²) in [5.41, 5.74) is 7.90. The Bertz CT molecular complexity index is 494. The monoisotopic (exact) mass is 261 g/mol.